The molecule has 0 fully saturated rings. The summed E-state index contributed by atoms with van der Waals surface area (Å²) in [6.07, 6.45) is 1.73. The maximum absolute atomic E-state index is 10.3. The average Bonchev–Trinajstić information content (AvgIpc) is 2.39. The molecule has 0 aliphatic heterocycles. The average molecular weight is 228 g/mol. The Labute approximate surface area is 102 Å². The molecule has 2 rings (SSSR count). The van der Waals surface area contributed by atoms with Gasteiger partial charge in [0.15, 0.2) is 0 Å². The molecule has 0 aliphatic rings. The fourth-order valence-electron chi connectivity index (χ4n) is 2.06. The van der Waals surface area contributed by atoms with Gasteiger partial charge >= 0.3 is 0 Å². The predicted molar refractivity (Wildman–Crippen MR) is 70.7 cm³/mol. The van der Waals surface area contributed by atoms with Crippen molar-refractivity contribution in [2.24, 2.45) is 0 Å². The molecule has 17 heavy (non-hydrogen) atoms. The van der Waals surface area contributed by atoms with Gasteiger partial charge in [-0.3, -0.25) is 0 Å². The highest BCUT2D eigenvalue weighted by atomic mass is 16.3. The molecule has 0 aliphatic carbocycles. The van der Waals surface area contributed by atoms with Crippen LogP contribution < -0.4 is 5.32 Å². The number of rotatable bonds is 6. The highest BCUT2D eigenvalue weighted by Crippen LogP contribution is 2.18. The quantitative estimate of drug-likeness (QED) is 0.757. The number of benzene rings is 2. The standard InChI is InChI=1S/C15H18NO/c17-12-4-10-16-11-9-14-7-3-6-13-5-1-2-8-15(13)14/h1-3,5-8,16H,4,9-12H2. The lowest BCUT2D eigenvalue weighted by molar-refractivity contribution is 0.188. The molecule has 1 N–H and O–H groups in total. The van der Waals surface area contributed by atoms with Gasteiger partial charge in [-0.1, -0.05) is 42.5 Å². The minimum absolute atomic E-state index is 0.0151. The van der Waals surface area contributed by atoms with Crippen molar-refractivity contribution in [2.45, 2.75) is 12.8 Å². The molecule has 2 heteroatoms. The van der Waals surface area contributed by atoms with Crippen LogP contribution in [0.25, 0.3) is 10.8 Å². The summed E-state index contributed by atoms with van der Waals surface area (Å²) in [5.41, 5.74) is 1.37. The van der Waals surface area contributed by atoms with Crippen LogP contribution in [0.2, 0.25) is 0 Å². The number of nitrogens with one attached hydrogen (secondary N) is 1. The van der Waals surface area contributed by atoms with Gasteiger partial charge in [0.1, 0.15) is 0 Å². The minimum atomic E-state index is 0.0151. The number of hydrogen-bond donors (Lipinski definition) is 1. The molecule has 0 saturated carbocycles. The van der Waals surface area contributed by atoms with Gasteiger partial charge in [0, 0.05) is 0 Å². The summed E-state index contributed by atoms with van der Waals surface area (Å²) in [4.78, 5) is 0. The van der Waals surface area contributed by atoms with Crippen LogP contribution in [0.4, 0.5) is 0 Å². The van der Waals surface area contributed by atoms with E-state index in [9.17, 15) is 5.11 Å². The summed E-state index contributed by atoms with van der Waals surface area (Å²) in [7, 11) is 0. The normalized spacial score (nSPS) is 10.9. The van der Waals surface area contributed by atoms with Gasteiger partial charge in [0.05, 0.1) is 6.61 Å². The van der Waals surface area contributed by atoms with Gasteiger partial charge in [0.25, 0.3) is 0 Å². The minimum Gasteiger partial charge on any atom is -0.316 e. The third kappa shape index (κ3) is 3.29. The van der Waals surface area contributed by atoms with E-state index in [2.05, 4.69) is 47.8 Å². The molecular formula is C15H18NO. The van der Waals surface area contributed by atoms with E-state index in [-0.39, 0.29) is 6.61 Å². The van der Waals surface area contributed by atoms with Crippen LogP contribution in [0.3, 0.4) is 0 Å². The molecule has 0 atom stereocenters. The molecule has 0 heterocycles. The molecule has 0 spiro atoms. The first-order valence-electron chi connectivity index (χ1n) is 6.17. The molecule has 1 radical (unpaired) electrons. The maximum Gasteiger partial charge on any atom is 0.0834 e. The van der Waals surface area contributed by atoms with Crippen molar-refractivity contribution in [3.8, 4) is 0 Å². The summed E-state index contributed by atoms with van der Waals surface area (Å²) < 4.78 is 0. The Bertz CT molecular complexity index is 462. The van der Waals surface area contributed by atoms with E-state index in [0.717, 1.165) is 25.9 Å². The second kappa shape index (κ2) is 6.38. The Kier molecular flexibility index (Phi) is 4.54. The highest BCUT2D eigenvalue weighted by molar-refractivity contribution is 5.85. The van der Waals surface area contributed by atoms with E-state index >= 15 is 0 Å². The van der Waals surface area contributed by atoms with Crippen molar-refractivity contribution >= 4 is 10.8 Å². The fourth-order valence-corrected chi connectivity index (χ4v) is 2.06. The molecule has 0 bridgehead atoms. The van der Waals surface area contributed by atoms with Crippen LogP contribution in [-0.2, 0) is 11.5 Å². The lowest BCUT2D eigenvalue weighted by Crippen LogP contribution is -2.19. The molecular weight excluding hydrogens is 210 g/mol. The number of fused-ring (bicyclic) bond motifs is 1. The Morgan fingerprint density at radius 3 is 2.65 bits per heavy atom. The first-order valence-corrected chi connectivity index (χ1v) is 6.17. The van der Waals surface area contributed by atoms with E-state index in [1.807, 2.05) is 0 Å². The van der Waals surface area contributed by atoms with Gasteiger partial charge < -0.3 is 5.32 Å². The molecule has 89 valence electrons. The highest BCUT2D eigenvalue weighted by Gasteiger charge is 1.99. The van der Waals surface area contributed by atoms with Crippen molar-refractivity contribution in [2.75, 3.05) is 19.7 Å². The van der Waals surface area contributed by atoms with Crippen molar-refractivity contribution in [3.63, 3.8) is 0 Å². The topological polar surface area (TPSA) is 31.9 Å². The van der Waals surface area contributed by atoms with Crippen LogP contribution in [0.5, 0.6) is 0 Å². The third-order valence-electron chi connectivity index (χ3n) is 2.95. The second-order valence-corrected chi connectivity index (χ2v) is 4.20. The molecule has 0 amide bonds. The Balaban J connectivity index is 1.98. The molecule has 2 aromatic carbocycles. The number of hydrogen-bond acceptors (Lipinski definition) is 1. The first kappa shape index (κ1) is 12.1. The summed E-state index contributed by atoms with van der Waals surface area (Å²) in [5.74, 6) is 0. The van der Waals surface area contributed by atoms with Gasteiger partial charge in [-0.15, -0.1) is 0 Å². The molecule has 0 aromatic heterocycles. The van der Waals surface area contributed by atoms with Crippen molar-refractivity contribution in [1.82, 2.24) is 5.32 Å². The monoisotopic (exact) mass is 228 g/mol. The molecule has 0 unspecified atom stereocenters. The van der Waals surface area contributed by atoms with Crippen LogP contribution in [0.1, 0.15) is 12.0 Å². The van der Waals surface area contributed by atoms with Crippen LogP contribution >= 0.6 is 0 Å². The molecule has 2 nitrogen and oxygen atoms in total. The van der Waals surface area contributed by atoms with E-state index in [0.29, 0.717) is 0 Å². The van der Waals surface area contributed by atoms with Crippen LogP contribution in [0.15, 0.2) is 42.5 Å². The predicted octanol–water partition coefficient (Wildman–Crippen LogP) is 2.79. The molecule has 2 aromatic rings. The maximum atomic E-state index is 10.3. The van der Waals surface area contributed by atoms with Crippen molar-refractivity contribution in [3.05, 3.63) is 48.0 Å². The SMILES string of the molecule is [O]CCCNCCc1cccc2ccccc12. The largest absolute Gasteiger partial charge is 0.316 e. The zero-order chi connectivity index (χ0) is 11.9. The Morgan fingerprint density at radius 1 is 0.941 bits per heavy atom. The van der Waals surface area contributed by atoms with Gasteiger partial charge in [-0.2, -0.15) is 0 Å². The summed E-state index contributed by atoms with van der Waals surface area (Å²) >= 11 is 0. The summed E-state index contributed by atoms with van der Waals surface area (Å²) in [6.45, 7) is 1.78. The van der Waals surface area contributed by atoms with E-state index < -0.39 is 0 Å². The van der Waals surface area contributed by atoms with Gasteiger partial charge in [-0.25, -0.2) is 5.11 Å². The van der Waals surface area contributed by atoms with E-state index in [1.165, 1.54) is 16.3 Å². The zero-order valence-corrected chi connectivity index (χ0v) is 9.99. The van der Waals surface area contributed by atoms with E-state index in [4.69, 9.17) is 0 Å². The summed E-state index contributed by atoms with van der Waals surface area (Å²) in [6, 6.07) is 14.9. The van der Waals surface area contributed by atoms with Gasteiger partial charge in [-0.05, 0) is 42.3 Å². The molecule has 0 saturated heterocycles. The smallest absolute Gasteiger partial charge is 0.0834 e. The Morgan fingerprint density at radius 2 is 1.76 bits per heavy atom. The first-order chi connectivity index (χ1) is 8.42. The van der Waals surface area contributed by atoms with Crippen LogP contribution in [0, 0.1) is 0 Å². The Hall–Kier alpha value is -1.38. The zero-order valence-electron chi connectivity index (χ0n) is 9.99. The van der Waals surface area contributed by atoms with Crippen molar-refractivity contribution in [1.29, 1.82) is 0 Å². The van der Waals surface area contributed by atoms with Gasteiger partial charge in [0.2, 0.25) is 0 Å². The lowest BCUT2D eigenvalue weighted by Gasteiger charge is -2.07. The fraction of sp³-hybridized carbons (Fsp3) is 0.333. The van der Waals surface area contributed by atoms with Crippen LogP contribution in [-0.4, -0.2) is 19.7 Å². The van der Waals surface area contributed by atoms with E-state index in [1.54, 1.807) is 0 Å². The van der Waals surface area contributed by atoms with Crippen molar-refractivity contribution < 1.29 is 5.11 Å². The summed E-state index contributed by atoms with van der Waals surface area (Å²) in [5, 5.41) is 16.2. The third-order valence-corrected chi connectivity index (χ3v) is 2.95. The second-order valence-electron chi connectivity index (χ2n) is 4.20. The lowest BCUT2D eigenvalue weighted by atomic mass is 10.0.